The molecule has 1 aromatic heterocycles. The van der Waals surface area contributed by atoms with Crippen molar-refractivity contribution in [3.05, 3.63) is 22.8 Å². The monoisotopic (exact) mass is 312 g/mol. The van der Waals surface area contributed by atoms with E-state index in [1.807, 2.05) is 6.07 Å². The zero-order chi connectivity index (χ0) is 13.0. The van der Waals surface area contributed by atoms with Crippen LogP contribution in [0.2, 0.25) is 0 Å². The molecule has 0 saturated carbocycles. The fourth-order valence-electron chi connectivity index (χ4n) is 1.93. The second-order valence-corrected chi connectivity index (χ2v) is 5.35. The van der Waals surface area contributed by atoms with Crippen LogP contribution in [-0.2, 0) is 4.79 Å². The van der Waals surface area contributed by atoms with Crippen LogP contribution < -0.4 is 10.6 Å². The van der Waals surface area contributed by atoms with Crippen molar-refractivity contribution in [3.8, 4) is 0 Å². The van der Waals surface area contributed by atoms with Crippen molar-refractivity contribution in [2.45, 2.75) is 13.0 Å². The van der Waals surface area contributed by atoms with Crippen molar-refractivity contribution >= 4 is 27.7 Å². The van der Waals surface area contributed by atoms with Gasteiger partial charge in [-0.2, -0.15) is 0 Å². The van der Waals surface area contributed by atoms with Gasteiger partial charge in [0, 0.05) is 36.3 Å². The van der Waals surface area contributed by atoms with E-state index in [9.17, 15) is 4.79 Å². The number of anilines is 1. The molecule has 0 bridgehead atoms. The molecule has 1 aromatic rings. The van der Waals surface area contributed by atoms with Crippen LogP contribution in [0.25, 0.3) is 0 Å². The Balaban J connectivity index is 1.86. The number of nitrogens with zero attached hydrogens (tertiary/aromatic N) is 2. The highest BCUT2D eigenvalue weighted by Crippen LogP contribution is 2.10. The van der Waals surface area contributed by atoms with Crippen molar-refractivity contribution in [3.63, 3.8) is 0 Å². The lowest BCUT2D eigenvalue weighted by Gasteiger charge is -2.33. The molecule has 6 heteroatoms. The fraction of sp³-hybridized carbons (Fsp3) is 0.500. The molecule has 2 rings (SSSR count). The average molecular weight is 313 g/mol. The fourth-order valence-corrected chi connectivity index (χ4v) is 2.17. The van der Waals surface area contributed by atoms with Crippen LogP contribution in [0.1, 0.15) is 6.92 Å². The van der Waals surface area contributed by atoms with Crippen LogP contribution in [0, 0.1) is 0 Å². The summed E-state index contributed by atoms with van der Waals surface area (Å²) in [6.07, 6.45) is 1.67. The first-order valence-electron chi connectivity index (χ1n) is 6.01. The summed E-state index contributed by atoms with van der Waals surface area (Å²) in [5, 5.41) is 6.11. The lowest BCUT2D eigenvalue weighted by molar-refractivity contribution is -0.118. The van der Waals surface area contributed by atoms with Crippen molar-refractivity contribution in [1.29, 1.82) is 0 Å². The normalized spacial score (nSPS) is 20.7. The summed E-state index contributed by atoms with van der Waals surface area (Å²) in [6.45, 7) is 5.32. The van der Waals surface area contributed by atoms with Crippen LogP contribution in [0.15, 0.2) is 22.8 Å². The third-order valence-electron chi connectivity index (χ3n) is 2.98. The van der Waals surface area contributed by atoms with Crippen molar-refractivity contribution < 1.29 is 4.79 Å². The molecule has 0 spiro atoms. The first kappa shape index (κ1) is 13.5. The first-order chi connectivity index (χ1) is 8.65. The zero-order valence-corrected chi connectivity index (χ0v) is 11.9. The molecule has 1 saturated heterocycles. The summed E-state index contributed by atoms with van der Waals surface area (Å²) in [5.74, 6) is 0.574. The summed E-state index contributed by atoms with van der Waals surface area (Å²) in [4.78, 5) is 18.2. The smallest absolute Gasteiger partial charge is 0.239 e. The molecule has 18 heavy (non-hydrogen) atoms. The maximum atomic E-state index is 11.9. The Morgan fingerprint density at radius 2 is 2.50 bits per heavy atom. The van der Waals surface area contributed by atoms with Crippen molar-refractivity contribution in [2.75, 3.05) is 31.5 Å². The number of nitrogens with one attached hydrogen (secondary N) is 2. The molecule has 0 aromatic carbocycles. The van der Waals surface area contributed by atoms with Gasteiger partial charge in [-0.05, 0) is 35.0 Å². The number of hydrogen-bond acceptors (Lipinski definition) is 4. The third-order valence-corrected chi connectivity index (χ3v) is 3.45. The molecule has 1 fully saturated rings. The van der Waals surface area contributed by atoms with E-state index in [0.29, 0.717) is 18.4 Å². The Morgan fingerprint density at radius 1 is 1.67 bits per heavy atom. The number of amides is 1. The van der Waals surface area contributed by atoms with Crippen molar-refractivity contribution in [1.82, 2.24) is 15.2 Å². The maximum Gasteiger partial charge on any atom is 0.239 e. The van der Waals surface area contributed by atoms with Gasteiger partial charge >= 0.3 is 0 Å². The molecular weight excluding hydrogens is 296 g/mol. The molecule has 98 valence electrons. The van der Waals surface area contributed by atoms with Crippen LogP contribution in [0.5, 0.6) is 0 Å². The second-order valence-electron chi connectivity index (χ2n) is 4.43. The molecule has 2 N–H and O–H groups in total. The van der Waals surface area contributed by atoms with Crippen molar-refractivity contribution in [2.24, 2.45) is 0 Å². The molecule has 2 heterocycles. The minimum absolute atomic E-state index is 0.0152. The molecule has 1 atom stereocenters. The zero-order valence-electron chi connectivity index (χ0n) is 10.3. The molecule has 1 amide bonds. The Labute approximate surface area is 115 Å². The van der Waals surface area contributed by atoms with E-state index in [1.54, 1.807) is 12.3 Å². The summed E-state index contributed by atoms with van der Waals surface area (Å²) < 4.78 is 0.899. The predicted octanol–water partition coefficient (Wildman–Crippen LogP) is 1.08. The van der Waals surface area contributed by atoms with Gasteiger partial charge in [0.25, 0.3) is 0 Å². The van der Waals surface area contributed by atoms with Gasteiger partial charge in [0.2, 0.25) is 5.91 Å². The van der Waals surface area contributed by atoms with Crippen LogP contribution in [0.4, 0.5) is 5.82 Å². The van der Waals surface area contributed by atoms with Gasteiger partial charge in [-0.15, -0.1) is 0 Å². The SMILES string of the molecule is CC1CNCCN1CC(=O)Nc1ccc(Br)cn1. The van der Waals surface area contributed by atoms with Gasteiger partial charge in [-0.1, -0.05) is 0 Å². The van der Waals surface area contributed by atoms with E-state index >= 15 is 0 Å². The number of piperazine rings is 1. The van der Waals surface area contributed by atoms with E-state index in [0.717, 1.165) is 24.1 Å². The highest BCUT2D eigenvalue weighted by Gasteiger charge is 2.20. The van der Waals surface area contributed by atoms with E-state index in [4.69, 9.17) is 0 Å². The number of rotatable bonds is 3. The maximum absolute atomic E-state index is 11.9. The molecule has 1 unspecified atom stereocenters. The molecule has 1 aliphatic rings. The number of aromatic nitrogens is 1. The van der Waals surface area contributed by atoms with E-state index in [1.165, 1.54) is 0 Å². The number of carbonyl (C=O) groups excluding carboxylic acids is 1. The van der Waals surface area contributed by atoms with Gasteiger partial charge < -0.3 is 10.6 Å². The lowest BCUT2D eigenvalue weighted by Crippen LogP contribution is -2.52. The van der Waals surface area contributed by atoms with Gasteiger partial charge in [0.15, 0.2) is 0 Å². The number of hydrogen-bond donors (Lipinski definition) is 2. The van der Waals surface area contributed by atoms with Crippen LogP contribution in [-0.4, -0.2) is 48.0 Å². The standard InChI is InChI=1S/C12H17BrN4O/c1-9-6-14-4-5-17(9)8-12(18)16-11-3-2-10(13)7-15-11/h2-3,7,9,14H,4-6,8H2,1H3,(H,15,16,18). The first-order valence-corrected chi connectivity index (χ1v) is 6.80. The average Bonchev–Trinajstić information content (AvgIpc) is 2.35. The van der Waals surface area contributed by atoms with Crippen LogP contribution in [0.3, 0.4) is 0 Å². The van der Waals surface area contributed by atoms with Gasteiger partial charge in [-0.25, -0.2) is 4.98 Å². The number of carbonyl (C=O) groups is 1. The molecule has 0 aliphatic carbocycles. The molecular formula is C12H17BrN4O. The second kappa shape index (κ2) is 6.26. The van der Waals surface area contributed by atoms with E-state index < -0.39 is 0 Å². The summed E-state index contributed by atoms with van der Waals surface area (Å²) in [6, 6.07) is 4.03. The summed E-state index contributed by atoms with van der Waals surface area (Å²) in [5.41, 5.74) is 0. The largest absolute Gasteiger partial charge is 0.314 e. The van der Waals surface area contributed by atoms with Gasteiger partial charge in [0.05, 0.1) is 6.54 Å². The number of pyridine rings is 1. The minimum atomic E-state index is -0.0152. The summed E-state index contributed by atoms with van der Waals surface area (Å²) in [7, 11) is 0. The molecule has 5 nitrogen and oxygen atoms in total. The highest BCUT2D eigenvalue weighted by atomic mass is 79.9. The minimum Gasteiger partial charge on any atom is -0.314 e. The van der Waals surface area contributed by atoms with Gasteiger partial charge in [0.1, 0.15) is 5.82 Å². The topological polar surface area (TPSA) is 57.3 Å². The highest BCUT2D eigenvalue weighted by molar-refractivity contribution is 9.10. The Bertz CT molecular complexity index is 409. The summed E-state index contributed by atoms with van der Waals surface area (Å²) >= 11 is 3.31. The molecule has 1 aliphatic heterocycles. The predicted molar refractivity (Wildman–Crippen MR) is 74.5 cm³/mol. The van der Waals surface area contributed by atoms with Crippen LogP contribution >= 0.6 is 15.9 Å². The van der Waals surface area contributed by atoms with Gasteiger partial charge in [-0.3, -0.25) is 9.69 Å². The Hall–Kier alpha value is -0.980. The quantitative estimate of drug-likeness (QED) is 0.877. The Morgan fingerprint density at radius 3 is 3.17 bits per heavy atom. The third kappa shape index (κ3) is 3.76. The Kier molecular flexibility index (Phi) is 4.68. The lowest BCUT2D eigenvalue weighted by atomic mass is 10.2. The van der Waals surface area contributed by atoms with E-state index in [-0.39, 0.29) is 5.91 Å². The number of halogens is 1. The molecule has 0 radical (unpaired) electrons. The van der Waals surface area contributed by atoms with E-state index in [2.05, 4.69) is 43.4 Å².